The van der Waals surface area contributed by atoms with Gasteiger partial charge in [-0.3, -0.25) is 4.79 Å². The maximum absolute atomic E-state index is 13.8. The van der Waals surface area contributed by atoms with Gasteiger partial charge in [0.05, 0.1) is 41.0 Å². The zero-order valence-corrected chi connectivity index (χ0v) is 21.1. The second-order valence-corrected chi connectivity index (χ2v) is 8.40. The Balaban J connectivity index is 1.48. The largest absolute Gasteiger partial charge is 0.493 e. The van der Waals surface area contributed by atoms with E-state index in [-0.39, 0.29) is 41.1 Å². The SMILES string of the molecule is COc1cc2c(Oc3ccc(NC(=O)Nc4cc(F)ccc4F)c(Cl)c3)ncnc2cc1OCCCC(=O)O. The molecule has 0 aliphatic heterocycles. The lowest BCUT2D eigenvalue weighted by molar-refractivity contribution is -0.137. The third kappa shape index (κ3) is 6.99. The normalized spacial score (nSPS) is 10.7. The van der Waals surface area contributed by atoms with Gasteiger partial charge in [-0.05, 0) is 36.8 Å². The summed E-state index contributed by atoms with van der Waals surface area (Å²) in [7, 11) is 1.46. The van der Waals surface area contributed by atoms with Gasteiger partial charge in [0.1, 0.15) is 23.7 Å². The minimum atomic E-state index is -0.912. The number of anilines is 2. The molecule has 2 amide bonds. The van der Waals surface area contributed by atoms with Crippen LogP contribution in [0.5, 0.6) is 23.1 Å². The Labute approximate surface area is 225 Å². The van der Waals surface area contributed by atoms with E-state index >= 15 is 0 Å². The van der Waals surface area contributed by atoms with Crippen LogP contribution in [0.3, 0.4) is 0 Å². The van der Waals surface area contributed by atoms with Crippen molar-refractivity contribution in [1.29, 1.82) is 0 Å². The molecule has 0 spiro atoms. The van der Waals surface area contributed by atoms with Gasteiger partial charge in [-0.15, -0.1) is 0 Å². The second-order valence-electron chi connectivity index (χ2n) is 7.99. The molecule has 4 rings (SSSR count). The standard InChI is InChI=1S/C26H21ClF2N4O6/c1-37-22-11-16-20(12-23(22)38-8-2-3-24(34)35)30-13-31-25(16)39-15-5-7-19(17(27)10-15)32-26(36)33-21-9-14(28)4-6-18(21)29/h4-7,9-13H,2-3,8H2,1H3,(H,34,35)(H2,32,33,36). The van der Waals surface area contributed by atoms with Crippen LogP contribution in [0.15, 0.2) is 54.9 Å². The first-order valence-electron chi connectivity index (χ1n) is 11.4. The second kappa shape index (κ2) is 12.2. The average molecular weight is 559 g/mol. The minimum Gasteiger partial charge on any atom is -0.493 e. The predicted molar refractivity (Wildman–Crippen MR) is 139 cm³/mol. The van der Waals surface area contributed by atoms with E-state index in [1.807, 2.05) is 0 Å². The molecule has 0 bridgehead atoms. The van der Waals surface area contributed by atoms with Crippen molar-refractivity contribution >= 4 is 45.9 Å². The van der Waals surface area contributed by atoms with Gasteiger partial charge in [0.25, 0.3) is 0 Å². The molecule has 4 aromatic rings. The number of methoxy groups -OCH3 is 1. The highest BCUT2D eigenvalue weighted by Crippen LogP contribution is 2.37. The highest BCUT2D eigenvalue weighted by atomic mass is 35.5. The fraction of sp³-hybridized carbons (Fsp3) is 0.154. The van der Waals surface area contributed by atoms with Crippen LogP contribution in [0, 0.1) is 11.6 Å². The molecule has 13 heteroatoms. The summed E-state index contributed by atoms with van der Waals surface area (Å²) < 4.78 is 44.1. The van der Waals surface area contributed by atoms with Crippen LogP contribution in [-0.4, -0.2) is 40.8 Å². The molecule has 0 unspecified atom stereocenters. The molecular formula is C26H21ClF2N4O6. The number of carbonyl (C=O) groups excluding carboxylic acids is 1. The third-order valence-electron chi connectivity index (χ3n) is 5.26. The van der Waals surface area contributed by atoms with Crippen molar-refractivity contribution in [2.45, 2.75) is 12.8 Å². The summed E-state index contributed by atoms with van der Waals surface area (Å²) in [4.78, 5) is 31.4. The molecule has 1 aromatic heterocycles. The maximum Gasteiger partial charge on any atom is 0.323 e. The lowest BCUT2D eigenvalue weighted by atomic mass is 10.2. The molecule has 0 saturated carbocycles. The molecular weight excluding hydrogens is 538 g/mol. The van der Waals surface area contributed by atoms with Crippen LogP contribution in [0.25, 0.3) is 10.9 Å². The molecule has 3 N–H and O–H groups in total. The van der Waals surface area contributed by atoms with Crippen LogP contribution in [0.1, 0.15) is 12.8 Å². The first kappa shape index (κ1) is 27.3. The zero-order valence-electron chi connectivity index (χ0n) is 20.3. The van der Waals surface area contributed by atoms with Crippen molar-refractivity contribution in [2.24, 2.45) is 0 Å². The van der Waals surface area contributed by atoms with Gasteiger partial charge in [0.2, 0.25) is 5.88 Å². The van der Waals surface area contributed by atoms with E-state index in [2.05, 4.69) is 20.6 Å². The number of hydrogen-bond acceptors (Lipinski definition) is 7. The number of fused-ring (bicyclic) bond motifs is 1. The first-order chi connectivity index (χ1) is 18.7. The number of rotatable bonds is 10. The summed E-state index contributed by atoms with van der Waals surface area (Å²) in [6.45, 7) is 0.177. The Kier molecular flexibility index (Phi) is 8.56. The van der Waals surface area contributed by atoms with E-state index in [0.717, 1.165) is 18.2 Å². The van der Waals surface area contributed by atoms with Gasteiger partial charge in [-0.1, -0.05) is 11.6 Å². The fourth-order valence-corrected chi connectivity index (χ4v) is 3.66. The summed E-state index contributed by atoms with van der Waals surface area (Å²) >= 11 is 6.30. The van der Waals surface area contributed by atoms with E-state index in [4.69, 9.17) is 30.9 Å². The number of ether oxygens (including phenoxy) is 3. The Morgan fingerprint density at radius 3 is 2.54 bits per heavy atom. The number of hydrogen-bond donors (Lipinski definition) is 3. The van der Waals surface area contributed by atoms with Crippen molar-refractivity contribution in [3.05, 3.63) is 71.5 Å². The lowest BCUT2D eigenvalue weighted by Crippen LogP contribution is -2.20. The Hall–Kier alpha value is -4.71. The summed E-state index contributed by atoms with van der Waals surface area (Å²) in [6.07, 6.45) is 1.60. The van der Waals surface area contributed by atoms with Crippen molar-refractivity contribution < 1.29 is 37.7 Å². The van der Waals surface area contributed by atoms with E-state index in [1.165, 1.54) is 31.6 Å². The predicted octanol–water partition coefficient (Wildman–Crippen LogP) is 6.25. The highest BCUT2D eigenvalue weighted by molar-refractivity contribution is 6.34. The van der Waals surface area contributed by atoms with E-state index in [0.29, 0.717) is 28.8 Å². The number of amides is 2. The van der Waals surface area contributed by atoms with Gasteiger partial charge in [0, 0.05) is 24.6 Å². The maximum atomic E-state index is 13.8. The minimum absolute atomic E-state index is 0.0246. The van der Waals surface area contributed by atoms with Crippen LogP contribution in [-0.2, 0) is 4.79 Å². The number of nitrogens with one attached hydrogen (secondary N) is 2. The molecule has 0 radical (unpaired) electrons. The molecule has 0 atom stereocenters. The van der Waals surface area contributed by atoms with Crippen LogP contribution < -0.4 is 24.8 Å². The molecule has 1 heterocycles. The Bertz CT molecular complexity index is 1540. The Morgan fingerprint density at radius 1 is 1.00 bits per heavy atom. The van der Waals surface area contributed by atoms with Gasteiger partial charge < -0.3 is 30.0 Å². The monoisotopic (exact) mass is 558 g/mol. The number of aromatic nitrogens is 2. The number of aliphatic carboxylic acids is 1. The summed E-state index contributed by atoms with van der Waals surface area (Å²) in [5.41, 5.74) is 0.348. The van der Waals surface area contributed by atoms with Crippen LogP contribution >= 0.6 is 11.6 Å². The topological polar surface area (TPSA) is 132 Å². The number of urea groups is 1. The first-order valence-corrected chi connectivity index (χ1v) is 11.8. The average Bonchev–Trinajstić information content (AvgIpc) is 2.90. The lowest BCUT2D eigenvalue weighted by Gasteiger charge is -2.14. The van der Waals surface area contributed by atoms with Gasteiger partial charge in [0.15, 0.2) is 11.5 Å². The van der Waals surface area contributed by atoms with E-state index in [9.17, 15) is 18.4 Å². The van der Waals surface area contributed by atoms with Crippen molar-refractivity contribution in [1.82, 2.24) is 9.97 Å². The van der Waals surface area contributed by atoms with Crippen LogP contribution in [0.2, 0.25) is 5.02 Å². The van der Waals surface area contributed by atoms with Gasteiger partial charge in [-0.2, -0.15) is 0 Å². The molecule has 0 fully saturated rings. The number of carboxylic acid groups (broad SMARTS) is 1. The molecule has 10 nitrogen and oxygen atoms in total. The molecule has 0 saturated heterocycles. The molecule has 202 valence electrons. The number of carbonyl (C=O) groups is 2. The number of carboxylic acids is 1. The van der Waals surface area contributed by atoms with Crippen LogP contribution in [0.4, 0.5) is 25.0 Å². The fourth-order valence-electron chi connectivity index (χ4n) is 3.44. The molecule has 0 aliphatic carbocycles. The molecule has 3 aromatic carbocycles. The number of nitrogens with zero attached hydrogens (tertiary/aromatic N) is 2. The summed E-state index contributed by atoms with van der Waals surface area (Å²) in [6, 6.07) is 9.53. The van der Waals surface area contributed by atoms with Gasteiger partial charge in [-0.25, -0.2) is 23.5 Å². The number of halogens is 3. The smallest absolute Gasteiger partial charge is 0.323 e. The zero-order chi connectivity index (χ0) is 27.9. The van der Waals surface area contributed by atoms with E-state index < -0.39 is 23.6 Å². The number of benzene rings is 3. The van der Waals surface area contributed by atoms with Crippen molar-refractivity contribution in [3.63, 3.8) is 0 Å². The quantitative estimate of drug-likeness (QED) is 0.195. The van der Waals surface area contributed by atoms with Crippen molar-refractivity contribution in [2.75, 3.05) is 24.4 Å². The van der Waals surface area contributed by atoms with Gasteiger partial charge >= 0.3 is 12.0 Å². The molecule has 39 heavy (non-hydrogen) atoms. The molecule has 0 aliphatic rings. The van der Waals surface area contributed by atoms with E-state index in [1.54, 1.807) is 12.1 Å². The highest BCUT2D eigenvalue weighted by Gasteiger charge is 2.15. The third-order valence-corrected chi connectivity index (χ3v) is 5.57. The summed E-state index contributed by atoms with van der Waals surface area (Å²) in [5, 5.41) is 14.1. The summed E-state index contributed by atoms with van der Waals surface area (Å²) in [5.74, 6) is -1.19. The Morgan fingerprint density at radius 2 is 1.79 bits per heavy atom. The van der Waals surface area contributed by atoms with Crippen molar-refractivity contribution in [3.8, 4) is 23.1 Å².